The van der Waals surface area contributed by atoms with E-state index in [0.717, 1.165) is 12.1 Å². The van der Waals surface area contributed by atoms with Crippen LogP contribution in [-0.4, -0.2) is 47.7 Å². The zero-order valence-electron chi connectivity index (χ0n) is 13.1. The van der Waals surface area contributed by atoms with E-state index in [1.54, 1.807) is 0 Å². The number of aliphatic carboxylic acids is 1. The summed E-state index contributed by atoms with van der Waals surface area (Å²) in [6.07, 6.45) is 1.76. The topological polar surface area (TPSA) is 66.8 Å². The summed E-state index contributed by atoms with van der Waals surface area (Å²) in [6.45, 7) is 0.668. The van der Waals surface area contributed by atoms with Crippen molar-refractivity contribution in [1.29, 1.82) is 0 Å². The van der Waals surface area contributed by atoms with Gasteiger partial charge in [0.05, 0.1) is 0 Å². The predicted molar refractivity (Wildman–Crippen MR) is 80.4 cm³/mol. The molecule has 0 spiro atoms. The van der Waals surface area contributed by atoms with E-state index in [1.807, 2.05) is 0 Å². The quantitative estimate of drug-likeness (QED) is 0.893. The molecular weight excluding hydrogens is 320 g/mol. The molecule has 5 nitrogen and oxygen atoms in total. The van der Waals surface area contributed by atoms with Crippen LogP contribution < -0.4 is 0 Å². The van der Waals surface area contributed by atoms with Crippen molar-refractivity contribution in [2.24, 2.45) is 5.92 Å². The Morgan fingerprint density at radius 3 is 2.54 bits per heavy atom. The molecule has 2 atom stereocenters. The smallest absolute Gasteiger partial charge is 0.323 e. The van der Waals surface area contributed by atoms with Gasteiger partial charge in [-0.1, -0.05) is 6.07 Å². The highest BCUT2D eigenvalue weighted by atomic mass is 19.2. The van der Waals surface area contributed by atoms with Crippen molar-refractivity contribution in [3.63, 3.8) is 0 Å². The van der Waals surface area contributed by atoms with E-state index in [0.29, 0.717) is 38.0 Å². The standard InChI is InChI=1S/C17H19F2NO4/c18-14-2-1-10(7-15(14)19)12-8-13(12)17(23)20(9-16(21)22)11-3-5-24-6-4-11/h1-2,7,11-13H,3-6,8-9H2,(H,21,22)/t12-,13+/m1/s1. The van der Waals surface area contributed by atoms with Crippen LogP contribution >= 0.6 is 0 Å². The molecule has 3 rings (SSSR count). The average molecular weight is 339 g/mol. The maximum Gasteiger partial charge on any atom is 0.323 e. The van der Waals surface area contributed by atoms with E-state index in [2.05, 4.69) is 0 Å². The lowest BCUT2D eigenvalue weighted by atomic mass is 10.0. The highest BCUT2D eigenvalue weighted by Gasteiger charge is 2.47. The molecule has 0 radical (unpaired) electrons. The summed E-state index contributed by atoms with van der Waals surface area (Å²) in [7, 11) is 0. The number of nitrogens with zero attached hydrogens (tertiary/aromatic N) is 1. The SMILES string of the molecule is O=C(O)CN(C(=O)[C@H]1C[C@@H]1c1ccc(F)c(F)c1)C1CCOCC1. The summed E-state index contributed by atoms with van der Waals surface area (Å²) < 4.78 is 31.6. The summed E-state index contributed by atoms with van der Waals surface area (Å²) >= 11 is 0. The fourth-order valence-corrected chi connectivity index (χ4v) is 3.32. The van der Waals surface area contributed by atoms with Crippen LogP contribution in [0, 0.1) is 17.6 Å². The maximum absolute atomic E-state index is 13.4. The van der Waals surface area contributed by atoms with Crippen LogP contribution in [0.25, 0.3) is 0 Å². The number of benzene rings is 1. The Bertz CT molecular complexity index is 645. The van der Waals surface area contributed by atoms with Crippen LogP contribution in [-0.2, 0) is 14.3 Å². The number of ether oxygens (including phenoxy) is 1. The number of halogens is 2. The molecule has 1 aliphatic carbocycles. The Hall–Kier alpha value is -2.02. The van der Waals surface area contributed by atoms with Gasteiger partial charge in [0.25, 0.3) is 0 Å². The Morgan fingerprint density at radius 1 is 1.21 bits per heavy atom. The van der Waals surface area contributed by atoms with Gasteiger partial charge in [-0.15, -0.1) is 0 Å². The average Bonchev–Trinajstić information content (AvgIpc) is 3.36. The number of hydrogen-bond acceptors (Lipinski definition) is 3. The number of carboxylic acid groups (broad SMARTS) is 1. The number of rotatable bonds is 5. The first kappa shape index (κ1) is 16.8. The van der Waals surface area contributed by atoms with Crippen LogP contribution in [0.3, 0.4) is 0 Å². The summed E-state index contributed by atoms with van der Waals surface area (Å²) in [4.78, 5) is 25.3. The normalized spacial score (nSPS) is 23.8. The maximum atomic E-state index is 13.4. The van der Waals surface area contributed by atoms with Gasteiger partial charge in [0.2, 0.25) is 5.91 Å². The zero-order chi connectivity index (χ0) is 17.3. The minimum absolute atomic E-state index is 0.145. The number of carboxylic acids is 1. The van der Waals surface area contributed by atoms with E-state index >= 15 is 0 Å². The molecule has 1 heterocycles. The van der Waals surface area contributed by atoms with Crippen LogP contribution in [0.5, 0.6) is 0 Å². The van der Waals surface area contributed by atoms with E-state index in [1.165, 1.54) is 11.0 Å². The minimum Gasteiger partial charge on any atom is -0.480 e. The van der Waals surface area contributed by atoms with Crippen molar-refractivity contribution in [1.82, 2.24) is 4.90 Å². The molecule has 1 saturated carbocycles. The minimum atomic E-state index is -1.06. The third-order valence-corrected chi connectivity index (χ3v) is 4.70. The third kappa shape index (κ3) is 3.56. The molecular formula is C17H19F2NO4. The molecule has 0 bridgehead atoms. The number of carbonyl (C=O) groups is 2. The van der Waals surface area contributed by atoms with Crippen molar-refractivity contribution in [3.8, 4) is 0 Å². The Balaban J connectivity index is 1.71. The molecule has 1 aliphatic heterocycles. The van der Waals surface area contributed by atoms with Crippen molar-refractivity contribution in [2.45, 2.75) is 31.2 Å². The van der Waals surface area contributed by atoms with Crippen LogP contribution in [0.4, 0.5) is 8.78 Å². The first-order valence-corrected chi connectivity index (χ1v) is 8.02. The van der Waals surface area contributed by atoms with Gasteiger partial charge in [-0.3, -0.25) is 9.59 Å². The van der Waals surface area contributed by atoms with Gasteiger partial charge >= 0.3 is 5.97 Å². The number of carbonyl (C=O) groups excluding carboxylic acids is 1. The molecule has 0 aromatic heterocycles. The fraction of sp³-hybridized carbons (Fsp3) is 0.529. The van der Waals surface area contributed by atoms with Crippen molar-refractivity contribution in [3.05, 3.63) is 35.4 Å². The second kappa shape index (κ2) is 6.84. The molecule has 2 aliphatic rings. The molecule has 1 N–H and O–H groups in total. The van der Waals surface area contributed by atoms with Crippen molar-refractivity contribution >= 4 is 11.9 Å². The second-order valence-electron chi connectivity index (χ2n) is 6.33. The van der Waals surface area contributed by atoms with E-state index in [-0.39, 0.29) is 30.3 Å². The first-order chi connectivity index (χ1) is 11.5. The van der Waals surface area contributed by atoms with Gasteiger partial charge in [0.1, 0.15) is 6.54 Å². The monoisotopic (exact) mass is 339 g/mol. The van der Waals surface area contributed by atoms with E-state index in [9.17, 15) is 18.4 Å². The molecule has 1 saturated heterocycles. The largest absolute Gasteiger partial charge is 0.480 e. The van der Waals surface area contributed by atoms with Crippen LogP contribution in [0.15, 0.2) is 18.2 Å². The molecule has 0 unspecified atom stereocenters. The van der Waals surface area contributed by atoms with E-state index < -0.39 is 17.6 Å². The van der Waals surface area contributed by atoms with Crippen molar-refractivity contribution < 1.29 is 28.2 Å². The Kier molecular flexibility index (Phi) is 4.80. The third-order valence-electron chi connectivity index (χ3n) is 4.70. The van der Waals surface area contributed by atoms with Gasteiger partial charge in [0.15, 0.2) is 11.6 Å². The summed E-state index contributed by atoms with van der Waals surface area (Å²) in [5, 5.41) is 9.10. The van der Waals surface area contributed by atoms with Gasteiger partial charge in [0, 0.05) is 25.2 Å². The van der Waals surface area contributed by atoms with Gasteiger partial charge in [-0.2, -0.15) is 0 Å². The summed E-state index contributed by atoms with van der Waals surface area (Å²) in [6, 6.07) is 3.50. The fourth-order valence-electron chi connectivity index (χ4n) is 3.32. The van der Waals surface area contributed by atoms with Gasteiger partial charge in [-0.25, -0.2) is 8.78 Å². The lowest BCUT2D eigenvalue weighted by molar-refractivity contribution is -0.148. The van der Waals surface area contributed by atoms with Gasteiger partial charge < -0.3 is 14.7 Å². The summed E-state index contributed by atoms with van der Waals surface area (Å²) in [5.41, 5.74) is 0.578. The molecule has 130 valence electrons. The van der Waals surface area contributed by atoms with E-state index in [4.69, 9.17) is 9.84 Å². The Morgan fingerprint density at radius 2 is 1.92 bits per heavy atom. The zero-order valence-corrected chi connectivity index (χ0v) is 13.1. The lowest BCUT2D eigenvalue weighted by Crippen LogP contribution is -2.46. The summed E-state index contributed by atoms with van der Waals surface area (Å²) in [5.74, 6) is -3.67. The lowest BCUT2D eigenvalue weighted by Gasteiger charge is -2.33. The highest BCUT2D eigenvalue weighted by molar-refractivity contribution is 5.86. The Labute approximate surface area is 138 Å². The first-order valence-electron chi connectivity index (χ1n) is 8.02. The van der Waals surface area contributed by atoms with Crippen LogP contribution in [0.1, 0.15) is 30.7 Å². The number of amides is 1. The van der Waals surface area contributed by atoms with Crippen molar-refractivity contribution in [2.75, 3.05) is 19.8 Å². The highest BCUT2D eigenvalue weighted by Crippen LogP contribution is 2.49. The molecule has 1 amide bonds. The molecule has 7 heteroatoms. The van der Waals surface area contributed by atoms with Crippen LogP contribution in [0.2, 0.25) is 0 Å². The number of hydrogen-bond donors (Lipinski definition) is 1. The molecule has 2 fully saturated rings. The van der Waals surface area contributed by atoms with Gasteiger partial charge in [-0.05, 0) is 42.9 Å². The molecule has 1 aromatic carbocycles. The molecule has 1 aromatic rings. The second-order valence-corrected chi connectivity index (χ2v) is 6.33. The predicted octanol–water partition coefficient (Wildman–Crippen LogP) is 2.16. The molecule has 24 heavy (non-hydrogen) atoms.